The monoisotopic (exact) mass is 617 g/mol. The quantitative estimate of drug-likeness (QED) is 0.396. The summed E-state index contributed by atoms with van der Waals surface area (Å²) in [6.45, 7) is 7.96. The van der Waals surface area contributed by atoms with Crippen molar-refractivity contribution in [3.63, 3.8) is 0 Å². The van der Waals surface area contributed by atoms with Crippen LogP contribution < -0.4 is 14.5 Å². The smallest absolute Gasteiger partial charge is 0.318 e. The summed E-state index contributed by atoms with van der Waals surface area (Å²) in [5.74, 6) is 0.224. The van der Waals surface area contributed by atoms with Gasteiger partial charge in [-0.2, -0.15) is 15.2 Å². The highest BCUT2D eigenvalue weighted by Crippen LogP contribution is 2.38. The lowest BCUT2D eigenvalue weighted by molar-refractivity contribution is -0.155. The number of fused-ring (bicyclic) bond motifs is 2. The van der Waals surface area contributed by atoms with Gasteiger partial charge >= 0.3 is 6.01 Å². The highest BCUT2D eigenvalue weighted by atomic mass is 35.5. The number of hydrogen-bond acceptors (Lipinski definition) is 10. The normalized spacial score (nSPS) is 22.4. The van der Waals surface area contributed by atoms with Crippen LogP contribution in [-0.4, -0.2) is 102 Å². The van der Waals surface area contributed by atoms with Crippen LogP contribution in [0.4, 0.5) is 11.5 Å². The molecule has 1 aromatic heterocycles. The Balaban J connectivity index is 1.35. The van der Waals surface area contributed by atoms with Gasteiger partial charge in [0.25, 0.3) is 0 Å². The van der Waals surface area contributed by atoms with Gasteiger partial charge in [0.1, 0.15) is 18.5 Å². The molecule has 3 aromatic rings. The Morgan fingerprint density at radius 3 is 2.82 bits per heavy atom. The van der Waals surface area contributed by atoms with E-state index in [0.717, 1.165) is 46.9 Å². The van der Waals surface area contributed by atoms with Gasteiger partial charge in [-0.1, -0.05) is 42.4 Å². The van der Waals surface area contributed by atoms with Crippen molar-refractivity contribution in [2.75, 3.05) is 69.3 Å². The molecular formula is C32H36ClN7O4. The third-order valence-electron chi connectivity index (χ3n) is 8.58. The van der Waals surface area contributed by atoms with Crippen molar-refractivity contribution in [3.05, 3.63) is 65.3 Å². The molecule has 2 aromatic carbocycles. The molecule has 2 fully saturated rings. The number of halogens is 1. The first kappa shape index (κ1) is 30.1. The summed E-state index contributed by atoms with van der Waals surface area (Å²) in [6.07, 6.45) is 1.45. The molecule has 0 saturated carbocycles. The largest absolute Gasteiger partial charge is 0.461 e. The number of nitrogens with zero attached hydrogens (tertiary/aromatic N) is 7. The van der Waals surface area contributed by atoms with Crippen LogP contribution in [0.25, 0.3) is 10.8 Å². The number of aliphatic hydroxyl groups is 1. The van der Waals surface area contributed by atoms with Crippen molar-refractivity contribution in [1.29, 1.82) is 5.26 Å². The second-order valence-electron chi connectivity index (χ2n) is 11.5. The van der Waals surface area contributed by atoms with Gasteiger partial charge in [-0.3, -0.25) is 4.79 Å². The Labute approximate surface area is 261 Å². The molecule has 1 N–H and O–H groups in total. The van der Waals surface area contributed by atoms with Crippen LogP contribution in [0.1, 0.15) is 17.7 Å². The maximum atomic E-state index is 12.6. The zero-order valence-electron chi connectivity index (χ0n) is 24.8. The minimum absolute atomic E-state index is 0.0161. The fraction of sp³-hybridized carbons (Fsp3) is 0.438. The molecule has 3 aliphatic heterocycles. The Morgan fingerprint density at radius 1 is 1.23 bits per heavy atom. The van der Waals surface area contributed by atoms with Gasteiger partial charge in [-0.05, 0) is 37.1 Å². The molecule has 2 saturated heterocycles. The van der Waals surface area contributed by atoms with Crippen LogP contribution in [0.15, 0.2) is 49.1 Å². The van der Waals surface area contributed by atoms with Gasteiger partial charge in [0.15, 0.2) is 5.72 Å². The molecule has 12 heteroatoms. The Bertz CT molecular complexity index is 1610. The highest BCUT2D eigenvalue weighted by molar-refractivity contribution is 6.36. The van der Waals surface area contributed by atoms with E-state index in [4.69, 9.17) is 31.0 Å². The second kappa shape index (κ2) is 12.6. The maximum Gasteiger partial charge on any atom is 0.318 e. The van der Waals surface area contributed by atoms with Gasteiger partial charge in [0, 0.05) is 49.4 Å². The van der Waals surface area contributed by atoms with Crippen molar-refractivity contribution < 1.29 is 19.4 Å². The second-order valence-corrected chi connectivity index (χ2v) is 11.9. The van der Waals surface area contributed by atoms with E-state index < -0.39 is 11.6 Å². The number of carbonyl (C=O) groups is 1. The first-order chi connectivity index (χ1) is 21.3. The van der Waals surface area contributed by atoms with E-state index in [0.29, 0.717) is 50.1 Å². The third kappa shape index (κ3) is 5.90. The van der Waals surface area contributed by atoms with Crippen molar-refractivity contribution in [2.24, 2.45) is 0 Å². The van der Waals surface area contributed by atoms with Gasteiger partial charge < -0.3 is 34.2 Å². The number of carbonyl (C=O) groups excluding carboxylic acids is 1. The topological polar surface area (TPSA) is 118 Å². The SMILES string of the molecule is C=CC(=O)N1CCN(c2nc(OC[C@H]3CN(C)CCO3)nc3c2CCN(c2cccc4cccc(Cl)c24)C3)C[C@@]1(O)CC#N. The van der Waals surface area contributed by atoms with Crippen LogP contribution in [-0.2, 0) is 22.5 Å². The number of rotatable bonds is 7. The van der Waals surface area contributed by atoms with E-state index >= 15 is 0 Å². The maximum absolute atomic E-state index is 12.6. The summed E-state index contributed by atoms with van der Waals surface area (Å²) < 4.78 is 12.1. The Morgan fingerprint density at radius 2 is 2.05 bits per heavy atom. The van der Waals surface area contributed by atoms with Crippen LogP contribution in [0.5, 0.6) is 6.01 Å². The lowest BCUT2D eigenvalue weighted by Crippen LogP contribution is -2.64. The molecule has 0 radical (unpaired) electrons. The fourth-order valence-corrected chi connectivity index (χ4v) is 6.66. The first-order valence-corrected chi connectivity index (χ1v) is 15.2. The van der Waals surface area contributed by atoms with Crippen LogP contribution in [0.3, 0.4) is 0 Å². The summed E-state index contributed by atoms with van der Waals surface area (Å²) in [5, 5.41) is 23.8. The van der Waals surface area contributed by atoms with Crippen molar-refractivity contribution >= 4 is 39.8 Å². The number of piperazine rings is 1. The van der Waals surface area contributed by atoms with Gasteiger partial charge in [-0.15, -0.1) is 0 Å². The summed E-state index contributed by atoms with van der Waals surface area (Å²) >= 11 is 6.68. The van der Waals surface area contributed by atoms with E-state index in [2.05, 4.69) is 41.6 Å². The van der Waals surface area contributed by atoms with Crippen LogP contribution in [0.2, 0.25) is 5.02 Å². The van der Waals surface area contributed by atoms with Gasteiger partial charge in [0.05, 0.1) is 42.9 Å². The van der Waals surface area contributed by atoms with Crippen molar-refractivity contribution in [1.82, 2.24) is 19.8 Å². The number of aromatic nitrogens is 2. The predicted molar refractivity (Wildman–Crippen MR) is 168 cm³/mol. The van der Waals surface area contributed by atoms with Crippen molar-refractivity contribution in [3.8, 4) is 12.1 Å². The van der Waals surface area contributed by atoms with E-state index in [-0.39, 0.29) is 31.6 Å². The minimum atomic E-state index is -1.70. The number of β-amino-alcohol motifs (C(OH)–C–C–N with tert-alkyl or cyclic N) is 1. The molecule has 1 amide bonds. The molecule has 0 spiro atoms. The summed E-state index contributed by atoms with van der Waals surface area (Å²) in [5.41, 5.74) is 1.10. The number of hydrogen-bond donors (Lipinski definition) is 1. The van der Waals surface area contributed by atoms with Gasteiger partial charge in [0.2, 0.25) is 5.91 Å². The lowest BCUT2D eigenvalue weighted by Gasteiger charge is -2.47. The number of amides is 1. The van der Waals surface area contributed by atoms with Crippen LogP contribution >= 0.6 is 11.6 Å². The van der Waals surface area contributed by atoms with Gasteiger partial charge in [-0.25, -0.2) is 0 Å². The average molecular weight is 618 g/mol. The molecule has 230 valence electrons. The molecule has 0 bridgehead atoms. The molecule has 11 nitrogen and oxygen atoms in total. The molecule has 4 heterocycles. The average Bonchev–Trinajstić information content (AvgIpc) is 3.02. The highest BCUT2D eigenvalue weighted by Gasteiger charge is 2.43. The summed E-state index contributed by atoms with van der Waals surface area (Å²) in [4.78, 5) is 30.0. The Hall–Kier alpha value is -3.95. The fourth-order valence-electron chi connectivity index (χ4n) is 6.38. The zero-order valence-corrected chi connectivity index (χ0v) is 25.5. The molecule has 44 heavy (non-hydrogen) atoms. The number of nitriles is 1. The molecule has 3 aliphatic rings. The molecule has 0 unspecified atom stereocenters. The van der Waals surface area contributed by atoms with E-state index in [9.17, 15) is 15.2 Å². The lowest BCUT2D eigenvalue weighted by atomic mass is 10.00. The third-order valence-corrected chi connectivity index (χ3v) is 8.89. The number of anilines is 2. The van der Waals surface area contributed by atoms with Crippen molar-refractivity contribution in [2.45, 2.75) is 31.2 Å². The minimum Gasteiger partial charge on any atom is -0.461 e. The van der Waals surface area contributed by atoms with E-state index in [1.807, 2.05) is 29.2 Å². The summed E-state index contributed by atoms with van der Waals surface area (Å²) in [7, 11) is 2.05. The number of ether oxygens (including phenoxy) is 2. The van der Waals surface area contributed by atoms with E-state index in [1.165, 1.54) is 4.90 Å². The van der Waals surface area contributed by atoms with Crippen LogP contribution in [0, 0.1) is 11.3 Å². The first-order valence-electron chi connectivity index (χ1n) is 14.8. The standard InChI is InChI=1S/C32H36ClN7O4/c1-3-28(41)40-15-14-39(21-32(40,42)11-12-34)30-24-10-13-38(27-9-5-7-22-6-4-8-25(33)29(22)27)19-26(24)35-31(36-30)44-20-23-18-37(2)16-17-43-23/h3-9,23,42H,1,10-11,13-21H2,2H3/t23-,32+/m1/s1. The number of morpholine rings is 1. The summed E-state index contributed by atoms with van der Waals surface area (Å²) in [6, 6.07) is 14.3. The van der Waals surface area contributed by atoms with E-state index in [1.54, 1.807) is 0 Å². The molecule has 2 atom stereocenters. The number of likely N-dealkylation sites (N-methyl/N-ethyl adjacent to an activating group) is 1. The molecular weight excluding hydrogens is 582 g/mol. The number of benzene rings is 2. The Kier molecular flexibility index (Phi) is 8.60. The molecule has 0 aliphatic carbocycles. The predicted octanol–water partition coefficient (Wildman–Crippen LogP) is 2.99. The molecule has 6 rings (SSSR count). The zero-order chi connectivity index (χ0) is 30.8.